The second kappa shape index (κ2) is 10.8. The summed E-state index contributed by atoms with van der Waals surface area (Å²) in [6.45, 7) is 8.23. The Balaban J connectivity index is 2.01. The Hall–Kier alpha value is -2.35. The molecule has 0 aliphatic heterocycles. The number of ether oxygens (including phenoxy) is 2. The molecule has 3 aromatic carbocycles. The summed E-state index contributed by atoms with van der Waals surface area (Å²) in [6, 6.07) is 23.2. The van der Waals surface area contributed by atoms with Crippen molar-refractivity contribution < 1.29 is 9.47 Å². The zero-order valence-electron chi connectivity index (χ0n) is 19.3. The van der Waals surface area contributed by atoms with E-state index in [0.717, 1.165) is 30.0 Å². The van der Waals surface area contributed by atoms with Crippen LogP contribution in [0, 0.1) is 6.92 Å². The molecule has 3 rings (SSSR count). The predicted molar refractivity (Wildman–Crippen MR) is 133 cm³/mol. The van der Waals surface area contributed by atoms with Crippen LogP contribution in [0.5, 0.6) is 11.5 Å². The van der Waals surface area contributed by atoms with Gasteiger partial charge in [0.15, 0.2) is 11.5 Å². The van der Waals surface area contributed by atoms with E-state index in [1.807, 2.05) is 31.3 Å². The number of rotatable bonds is 10. The molecule has 0 aliphatic carbocycles. The lowest BCUT2D eigenvalue weighted by Crippen LogP contribution is -2.24. The standard InChI is InChI=1S/C27H34NO2P/c1-6-27(3,31-26-20(2)12-10-15-22(26)18-28-4)23-16-11-17-24(29-5)25(23)30-19-21-13-8-7-9-14-21/h7-17,28,31H,6,18-19H2,1-5H3. The van der Waals surface area contributed by atoms with Gasteiger partial charge in [0.2, 0.25) is 0 Å². The lowest BCUT2D eigenvalue weighted by atomic mass is 9.96. The minimum absolute atomic E-state index is 0.0604. The summed E-state index contributed by atoms with van der Waals surface area (Å²) in [5.41, 5.74) is 5.08. The molecule has 0 spiro atoms. The van der Waals surface area contributed by atoms with E-state index in [-0.39, 0.29) is 5.16 Å². The largest absolute Gasteiger partial charge is 0.493 e. The fourth-order valence-electron chi connectivity index (χ4n) is 3.86. The fourth-order valence-corrected chi connectivity index (χ4v) is 5.53. The smallest absolute Gasteiger partial charge is 0.165 e. The van der Waals surface area contributed by atoms with Crippen LogP contribution in [0.2, 0.25) is 0 Å². The molecule has 31 heavy (non-hydrogen) atoms. The van der Waals surface area contributed by atoms with Gasteiger partial charge >= 0.3 is 0 Å². The van der Waals surface area contributed by atoms with Gasteiger partial charge in [-0.15, -0.1) is 0 Å². The number of aryl methyl sites for hydroxylation is 1. The predicted octanol–water partition coefficient (Wildman–Crippen LogP) is 5.93. The first kappa shape index (κ1) is 23.3. The highest BCUT2D eigenvalue weighted by Gasteiger charge is 2.31. The summed E-state index contributed by atoms with van der Waals surface area (Å²) < 4.78 is 12.1. The highest BCUT2D eigenvalue weighted by Crippen LogP contribution is 2.50. The second-order valence-electron chi connectivity index (χ2n) is 8.06. The van der Waals surface area contributed by atoms with E-state index < -0.39 is 0 Å². The molecule has 0 saturated heterocycles. The Labute approximate surface area is 189 Å². The number of methoxy groups -OCH3 is 1. The molecule has 0 bridgehead atoms. The topological polar surface area (TPSA) is 30.5 Å². The highest BCUT2D eigenvalue weighted by atomic mass is 31.1. The van der Waals surface area contributed by atoms with Crippen molar-refractivity contribution >= 4 is 13.9 Å². The van der Waals surface area contributed by atoms with Gasteiger partial charge in [-0.3, -0.25) is 0 Å². The molecule has 4 heteroatoms. The van der Waals surface area contributed by atoms with Crippen molar-refractivity contribution in [3.63, 3.8) is 0 Å². The maximum Gasteiger partial charge on any atom is 0.165 e. The first-order chi connectivity index (χ1) is 15.0. The summed E-state index contributed by atoms with van der Waals surface area (Å²) >= 11 is 0. The fraction of sp³-hybridized carbons (Fsp3) is 0.333. The maximum atomic E-state index is 6.41. The van der Waals surface area contributed by atoms with Gasteiger partial charge in [-0.05, 0) is 48.5 Å². The SMILES string of the molecule is CCC(C)(Pc1c(C)cccc1CNC)c1cccc(OC)c1OCc1ccccc1. The normalized spacial score (nSPS) is 13.3. The summed E-state index contributed by atoms with van der Waals surface area (Å²) in [5.74, 6) is 1.65. The Kier molecular flexibility index (Phi) is 8.12. The average molecular weight is 436 g/mol. The van der Waals surface area contributed by atoms with Crippen LogP contribution in [-0.2, 0) is 18.3 Å². The van der Waals surface area contributed by atoms with E-state index in [1.54, 1.807) is 7.11 Å². The molecule has 1 N–H and O–H groups in total. The third-order valence-electron chi connectivity index (χ3n) is 5.85. The van der Waals surface area contributed by atoms with Crippen LogP contribution in [0.3, 0.4) is 0 Å². The van der Waals surface area contributed by atoms with Crippen LogP contribution in [0.15, 0.2) is 66.7 Å². The lowest BCUT2D eigenvalue weighted by molar-refractivity contribution is 0.278. The van der Waals surface area contributed by atoms with E-state index in [9.17, 15) is 0 Å². The van der Waals surface area contributed by atoms with Crippen molar-refractivity contribution in [1.82, 2.24) is 5.32 Å². The van der Waals surface area contributed by atoms with Crippen LogP contribution >= 0.6 is 8.58 Å². The van der Waals surface area contributed by atoms with Gasteiger partial charge in [-0.2, -0.15) is 0 Å². The molecule has 0 heterocycles. The van der Waals surface area contributed by atoms with Crippen LogP contribution in [-0.4, -0.2) is 14.2 Å². The second-order valence-corrected chi connectivity index (χ2v) is 9.91. The van der Waals surface area contributed by atoms with Crippen molar-refractivity contribution in [1.29, 1.82) is 0 Å². The maximum absolute atomic E-state index is 6.41. The van der Waals surface area contributed by atoms with Gasteiger partial charge in [-0.25, -0.2) is 0 Å². The van der Waals surface area contributed by atoms with Gasteiger partial charge in [0.25, 0.3) is 0 Å². The van der Waals surface area contributed by atoms with Gasteiger partial charge in [0, 0.05) is 17.3 Å². The first-order valence-electron chi connectivity index (χ1n) is 10.9. The van der Waals surface area contributed by atoms with E-state index >= 15 is 0 Å². The molecule has 3 nitrogen and oxygen atoms in total. The number of hydrogen-bond acceptors (Lipinski definition) is 3. The van der Waals surface area contributed by atoms with Crippen LogP contribution in [0.1, 0.15) is 42.5 Å². The third kappa shape index (κ3) is 5.47. The van der Waals surface area contributed by atoms with E-state index in [4.69, 9.17) is 9.47 Å². The molecular formula is C27H34NO2P. The van der Waals surface area contributed by atoms with E-state index in [2.05, 4.69) is 68.6 Å². The zero-order chi connectivity index (χ0) is 22.3. The minimum Gasteiger partial charge on any atom is -0.493 e. The van der Waals surface area contributed by atoms with Gasteiger partial charge in [0.05, 0.1) is 7.11 Å². The summed E-state index contributed by atoms with van der Waals surface area (Å²) in [7, 11) is 4.34. The summed E-state index contributed by atoms with van der Waals surface area (Å²) in [6.07, 6.45) is 1.01. The van der Waals surface area contributed by atoms with E-state index in [0.29, 0.717) is 15.2 Å². The van der Waals surface area contributed by atoms with Crippen LogP contribution in [0.25, 0.3) is 0 Å². The molecule has 2 atom stereocenters. The molecule has 0 amide bonds. The van der Waals surface area contributed by atoms with Crippen molar-refractivity contribution in [2.24, 2.45) is 0 Å². The average Bonchev–Trinajstić information content (AvgIpc) is 2.80. The van der Waals surface area contributed by atoms with Crippen molar-refractivity contribution in [2.45, 2.75) is 45.5 Å². The number of para-hydroxylation sites is 1. The molecule has 3 aromatic rings. The molecular weight excluding hydrogens is 401 g/mol. The van der Waals surface area contributed by atoms with Crippen LogP contribution < -0.4 is 20.1 Å². The quantitative estimate of drug-likeness (QED) is 0.400. The van der Waals surface area contributed by atoms with Gasteiger partial charge in [-0.1, -0.05) is 83.1 Å². The highest BCUT2D eigenvalue weighted by molar-refractivity contribution is 7.48. The minimum atomic E-state index is -0.0604. The third-order valence-corrected chi connectivity index (χ3v) is 7.99. The lowest BCUT2D eigenvalue weighted by Gasteiger charge is -2.33. The Bertz CT molecular complexity index is 990. The summed E-state index contributed by atoms with van der Waals surface area (Å²) in [4.78, 5) is 0. The zero-order valence-corrected chi connectivity index (χ0v) is 20.3. The van der Waals surface area contributed by atoms with E-state index in [1.165, 1.54) is 22.0 Å². The summed E-state index contributed by atoms with van der Waals surface area (Å²) in [5, 5.41) is 4.71. The van der Waals surface area contributed by atoms with Crippen molar-refractivity contribution in [3.05, 3.63) is 89.0 Å². The Morgan fingerprint density at radius 1 is 0.968 bits per heavy atom. The van der Waals surface area contributed by atoms with Gasteiger partial charge in [0.1, 0.15) is 6.61 Å². The Morgan fingerprint density at radius 2 is 1.71 bits per heavy atom. The Morgan fingerprint density at radius 3 is 2.39 bits per heavy atom. The molecule has 164 valence electrons. The monoisotopic (exact) mass is 435 g/mol. The molecule has 0 aliphatic rings. The molecule has 0 saturated carbocycles. The number of nitrogens with one attached hydrogen (secondary N) is 1. The van der Waals surface area contributed by atoms with Crippen molar-refractivity contribution in [2.75, 3.05) is 14.2 Å². The molecule has 0 radical (unpaired) electrons. The van der Waals surface area contributed by atoms with Gasteiger partial charge < -0.3 is 14.8 Å². The number of hydrogen-bond donors (Lipinski definition) is 1. The first-order valence-corrected chi connectivity index (χ1v) is 11.9. The molecule has 2 unspecified atom stereocenters. The number of benzene rings is 3. The van der Waals surface area contributed by atoms with Crippen molar-refractivity contribution in [3.8, 4) is 11.5 Å². The van der Waals surface area contributed by atoms with Crippen LogP contribution in [0.4, 0.5) is 0 Å². The molecule has 0 aromatic heterocycles. The molecule has 0 fully saturated rings.